The monoisotopic (exact) mass is 438 g/mol. The molecular weight excluding hydrogens is 417 g/mol. The summed E-state index contributed by atoms with van der Waals surface area (Å²) in [5.74, 6) is 0.657. The van der Waals surface area contributed by atoms with Gasteiger partial charge in [0.15, 0.2) is 6.61 Å². The Kier molecular flexibility index (Phi) is 6.04. The highest BCUT2D eigenvalue weighted by Gasteiger charge is 2.34. The third kappa shape index (κ3) is 4.26. The maximum atomic E-state index is 13.3. The van der Waals surface area contributed by atoms with E-state index in [4.69, 9.17) is 14.4 Å². The number of unbranched alkanes of at least 4 members (excludes halogenated alkanes) is 2. The van der Waals surface area contributed by atoms with Gasteiger partial charge in [-0.15, -0.1) is 0 Å². The number of furan rings is 1. The lowest BCUT2D eigenvalue weighted by atomic mass is 9.99. The number of aromatic nitrogens is 1. The van der Waals surface area contributed by atoms with Crippen molar-refractivity contribution in [3.8, 4) is 23.1 Å². The molecule has 0 bridgehead atoms. The Morgan fingerprint density at radius 2 is 1.88 bits per heavy atom. The number of halogens is 3. The smallest absolute Gasteiger partial charge is 0.433 e. The minimum absolute atomic E-state index is 0.0330. The third-order valence-electron chi connectivity index (χ3n) is 5.34. The predicted octanol–water partition coefficient (Wildman–Crippen LogP) is 7.30. The summed E-state index contributed by atoms with van der Waals surface area (Å²) in [5.41, 5.74) is 1.65. The largest absolute Gasteiger partial charge is 0.478 e. The van der Waals surface area contributed by atoms with Gasteiger partial charge in [0.2, 0.25) is 0 Å². The highest BCUT2D eigenvalue weighted by atomic mass is 19.4. The second-order valence-electron chi connectivity index (χ2n) is 7.55. The second kappa shape index (κ2) is 8.91. The number of hydrogen-bond donors (Lipinski definition) is 0. The highest BCUT2D eigenvalue weighted by Crippen LogP contribution is 2.39. The van der Waals surface area contributed by atoms with Crippen molar-refractivity contribution in [2.24, 2.45) is 0 Å². The molecule has 0 N–H and O–H groups in total. The molecule has 4 nitrogen and oxygen atoms in total. The Bertz CT molecular complexity index is 1300. The predicted molar refractivity (Wildman–Crippen MR) is 116 cm³/mol. The molecule has 0 saturated carbocycles. The number of benzene rings is 2. The van der Waals surface area contributed by atoms with Crippen molar-refractivity contribution in [3.05, 3.63) is 59.8 Å². The van der Waals surface area contributed by atoms with E-state index in [2.05, 4.69) is 11.9 Å². The summed E-state index contributed by atoms with van der Waals surface area (Å²) < 4.78 is 51.4. The van der Waals surface area contributed by atoms with Crippen LogP contribution in [0.3, 0.4) is 0 Å². The first-order valence-electron chi connectivity index (χ1n) is 10.4. The molecule has 0 saturated heterocycles. The van der Waals surface area contributed by atoms with E-state index in [0.29, 0.717) is 11.1 Å². The normalized spacial score (nSPS) is 11.7. The molecule has 0 amide bonds. The number of nitrogens with zero attached hydrogens (tertiary/aromatic N) is 2. The molecule has 0 radical (unpaired) electrons. The van der Waals surface area contributed by atoms with Gasteiger partial charge in [-0.1, -0.05) is 38.0 Å². The number of hydrogen-bond acceptors (Lipinski definition) is 4. The third-order valence-corrected chi connectivity index (χ3v) is 5.34. The molecular formula is C25H21F3N2O2. The Labute approximate surface area is 183 Å². The van der Waals surface area contributed by atoms with E-state index < -0.39 is 11.9 Å². The summed E-state index contributed by atoms with van der Waals surface area (Å²) >= 11 is 0. The number of pyridine rings is 1. The maximum Gasteiger partial charge on any atom is 0.433 e. The van der Waals surface area contributed by atoms with Gasteiger partial charge in [-0.2, -0.15) is 18.4 Å². The number of nitriles is 1. The second-order valence-corrected chi connectivity index (χ2v) is 7.55. The van der Waals surface area contributed by atoms with Crippen LogP contribution in [0.15, 0.2) is 52.9 Å². The zero-order valence-electron chi connectivity index (χ0n) is 17.5. The van der Waals surface area contributed by atoms with Crippen molar-refractivity contribution >= 4 is 21.9 Å². The maximum absolute atomic E-state index is 13.3. The van der Waals surface area contributed by atoms with Gasteiger partial charge in [-0.25, -0.2) is 4.98 Å². The van der Waals surface area contributed by atoms with Crippen LogP contribution < -0.4 is 4.74 Å². The summed E-state index contributed by atoms with van der Waals surface area (Å²) in [6.45, 7) is 1.77. The zero-order valence-corrected chi connectivity index (χ0v) is 17.5. The van der Waals surface area contributed by atoms with Gasteiger partial charge < -0.3 is 9.15 Å². The highest BCUT2D eigenvalue weighted by molar-refractivity contribution is 5.93. The average molecular weight is 438 g/mol. The van der Waals surface area contributed by atoms with Gasteiger partial charge in [0.05, 0.1) is 5.52 Å². The van der Waals surface area contributed by atoms with Gasteiger partial charge in [-0.3, -0.25) is 0 Å². The number of fused-ring (bicyclic) bond motifs is 2. The molecule has 0 aliphatic rings. The molecule has 2 heterocycles. The van der Waals surface area contributed by atoms with E-state index in [9.17, 15) is 13.2 Å². The minimum Gasteiger partial charge on any atom is -0.478 e. The zero-order chi connectivity index (χ0) is 22.7. The minimum atomic E-state index is -4.62. The van der Waals surface area contributed by atoms with Crippen molar-refractivity contribution in [2.45, 2.75) is 38.8 Å². The molecule has 0 aliphatic carbocycles. The van der Waals surface area contributed by atoms with Gasteiger partial charge in [0.1, 0.15) is 28.9 Å². The molecule has 0 unspecified atom stereocenters. The fourth-order valence-electron chi connectivity index (χ4n) is 3.84. The molecule has 0 atom stereocenters. The van der Waals surface area contributed by atoms with Crippen molar-refractivity contribution in [3.63, 3.8) is 0 Å². The fraction of sp³-hybridized carbons (Fsp3) is 0.280. The molecule has 0 spiro atoms. The number of ether oxygens (including phenoxy) is 1. The molecule has 164 valence electrons. The molecule has 2 aromatic heterocycles. The van der Waals surface area contributed by atoms with Crippen LogP contribution in [0.5, 0.6) is 5.75 Å². The van der Waals surface area contributed by atoms with Gasteiger partial charge in [0.25, 0.3) is 0 Å². The summed E-state index contributed by atoms with van der Waals surface area (Å²) in [4.78, 5) is 3.76. The SMILES string of the molecule is CCCCCc1c(-c2ccc3nc(C(F)(F)F)cc(OCC#N)c3c2)oc2ccccc12. The van der Waals surface area contributed by atoms with Crippen LogP contribution in [-0.4, -0.2) is 11.6 Å². The standard InChI is InChI=1S/C25H21F3N2O2/c1-2-3-4-8-18-17-7-5-6-9-21(17)32-24(18)16-10-11-20-19(14-16)22(31-13-12-29)15-23(30-20)25(26,27)28/h5-7,9-11,14-15H,2-4,8,13H2,1H3. The number of aryl methyl sites for hydroxylation is 1. The lowest BCUT2D eigenvalue weighted by Crippen LogP contribution is -2.09. The first-order chi connectivity index (χ1) is 15.4. The topological polar surface area (TPSA) is 59.0 Å². The molecule has 4 rings (SSSR count). The van der Waals surface area contributed by atoms with E-state index in [1.54, 1.807) is 18.2 Å². The van der Waals surface area contributed by atoms with E-state index in [0.717, 1.165) is 53.8 Å². The van der Waals surface area contributed by atoms with Crippen molar-refractivity contribution in [2.75, 3.05) is 6.61 Å². The Morgan fingerprint density at radius 3 is 2.62 bits per heavy atom. The average Bonchev–Trinajstić information content (AvgIpc) is 3.15. The Hall–Kier alpha value is -3.53. The van der Waals surface area contributed by atoms with Gasteiger partial charge in [-0.05, 0) is 37.1 Å². The molecule has 2 aromatic carbocycles. The lowest BCUT2D eigenvalue weighted by molar-refractivity contribution is -0.141. The van der Waals surface area contributed by atoms with Crippen molar-refractivity contribution in [1.82, 2.24) is 4.98 Å². The summed E-state index contributed by atoms with van der Waals surface area (Å²) in [5, 5.41) is 10.3. The quantitative estimate of drug-likeness (QED) is 0.284. The molecule has 0 fully saturated rings. The lowest BCUT2D eigenvalue weighted by Gasteiger charge is -2.12. The molecule has 4 aromatic rings. The van der Waals surface area contributed by atoms with Crippen LogP contribution in [0, 0.1) is 11.3 Å². The van der Waals surface area contributed by atoms with Crippen molar-refractivity contribution < 1.29 is 22.3 Å². The number of rotatable bonds is 7. The van der Waals surface area contributed by atoms with E-state index >= 15 is 0 Å². The Balaban J connectivity index is 1.87. The summed E-state index contributed by atoms with van der Waals surface area (Å²) in [6.07, 6.45) is -0.599. The van der Waals surface area contributed by atoms with E-state index in [-0.39, 0.29) is 17.9 Å². The van der Waals surface area contributed by atoms with Crippen molar-refractivity contribution in [1.29, 1.82) is 5.26 Å². The number of alkyl halides is 3. The molecule has 7 heteroatoms. The van der Waals surface area contributed by atoms with Crippen LogP contribution in [0.25, 0.3) is 33.2 Å². The first kappa shape index (κ1) is 21.7. The summed E-state index contributed by atoms with van der Waals surface area (Å²) in [7, 11) is 0. The Morgan fingerprint density at radius 1 is 1.06 bits per heavy atom. The number of para-hydroxylation sites is 1. The summed E-state index contributed by atoms with van der Waals surface area (Å²) in [6, 6.07) is 15.4. The van der Waals surface area contributed by atoms with Gasteiger partial charge in [0, 0.05) is 28.0 Å². The first-order valence-corrected chi connectivity index (χ1v) is 10.4. The van der Waals surface area contributed by atoms with E-state index in [1.807, 2.05) is 24.3 Å². The van der Waals surface area contributed by atoms with E-state index in [1.165, 1.54) is 6.07 Å². The molecule has 32 heavy (non-hydrogen) atoms. The van der Waals surface area contributed by atoms with Crippen LogP contribution in [0.1, 0.15) is 37.4 Å². The van der Waals surface area contributed by atoms with Crippen LogP contribution in [0.4, 0.5) is 13.2 Å². The van der Waals surface area contributed by atoms with Gasteiger partial charge >= 0.3 is 6.18 Å². The van der Waals surface area contributed by atoms with Crippen LogP contribution >= 0.6 is 0 Å². The van der Waals surface area contributed by atoms with Crippen LogP contribution in [-0.2, 0) is 12.6 Å². The fourth-order valence-corrected chi connectivity index (χ4v) is 3.84. The molecule has 0 aliphatic heterocycles. The van der Waals surface area contributed by atoms with Crippen LogP contribution in [0.2, 0.25) is 0 Å².